The molecule has 0 aromatic carbocycles. The fourth-order valence-corrected chi connectivity index (χ4v) is 1.94. The third-order valence-corrected chi connectivity index (χ3v) is 2.73. The van der Waals surface area contributed by atoms with Crippen molar-refractivity contribution < 1.29 is 4.74 Å². The lowest BCUT2D eigenvalue weighted by atomic mass is 10.2. The number of methoxy groups -OCH3 is 1. The summed E-state index contributed by atoms with van der Waals surface area (Å²) in [4.78, 5) is 11.1. The zero-order valence-electron chi connectivity index (χ0n) is 12.5. The molecule has 0 fully saturated rings. The van der Waals surface area contributed by atoms with E-state index in [0.29, 0.717) is 18.3 Å². The first-order chi connectivity index (χ1) is 9.06. The Kier molecular flexibility index (Phi) is 6.56. The van der Waals surface area contributed by atoms with Gasteiger partial charge in [-0.15, -0.1) is 0 Å². The maximum atomic E-state index is 5.88. The van der Waals surface area contributed by atoms with Crippen LogP contribution in [-0.4, -0.2) is 36.8 Å². The summed E-state index contributed by atoms with van der Waals surface area (Å²) < 4.78 is 5.17. The molecular formula is C14H26N4O. The summed E-state index contributed by atoms with van der Waals surface area (Å²) in [5.41, 5.74) is 5.88. The third-order valence-electron chi connectivity index (χ3n) is 2.73. The Morgan fingerprint density at radius 1 is 1.37 bits per heavy atom. The molecule has 108 valence electrons. The summed E-state index contributed by atoms with van der Waals surface area (Å²) in [7, 11) is 1.71. The number of nitrogen functional groups attached to an aromatic ring is 1. The Balaban J connectivity index is 2.92. The van der Waals surface area contributed by atoms with Gasteiger partial charge in [0.05, 0.1) is 6.61 Å². The van der Waals surface area contributed by atoms with E-state index in [-0.39, 0.29) is 0 Å². The minimum atomic E-state index is 0.541. The van der Waals surface area contributed by atoms with Gasteiger partial charge in [0, 0.05) is 32.7 Å². The van der Waals surface area contributed by atoms with Crippen molar-refractivity contribution in [3.8, 4) is 0 Å². The molecule has 0 aliphatic rings. The number of nitrogens with zero attached hydrogens (tertiary/aromatic N) is 3. The summed E-state index contributed by atoms with van der Waals surface area (Å²) in [5.74, 6) is 2.83. The van der Waals surface area contributed by atoms with Crippen LogP contribution < -0.4 is 10.6 Å². The quantitative estimate of drug-likeness (QED) is 0.781. The van der Waals surface area contributed by atoms with Crippen LogP contribution in [0.5, 0.6) is 0 Å². The van der Waals surface area contributed by atoms with E-state index in [2.05, 4.69) is 35.6 Å². The molecule has 19 heavy (non-hydrogen) atoms. The first kappa shape index (κ1) is 15.7. The molecule has 0 spiro atoms. The molecule has 0 saturated heterocycles. The average molecular weight is 266 g/mol. The second-order valence-electron chi connectivity index (χ2n) is 5.15. The molecular weight excluding hydrogens is 240 g/mol. The van der Waals surface area contributed by atoms with Gasteiger partial charge in [-0.3, -0.25) is 0 Å². The highest BCUT2D eigenvalue weighted by molar-refractivity contribution is 5.47. The van der Waals surface area contributed by atoms with Gasteiger partial charge >= 0.3 is 0 Å². The number of rotatable bonds is 8. The summed E-state index contributed by atoms with van der Waals surface area (Å²) >= 11 is 0. The fourth-order valence-electron chi connectivity index (χ4n) is 1.94. The van der Waals surface area contributed by atoms with Gasteiger partial charge in [0.1, 0.15) is 17.5 Å². The Labute approximate surface area is 116 Å². The summed E-state index contributed by atoms with van der Waals surface area (Å²) in [6, 6.07) is 1.84. The molecule has 0 aliphatic carbocycles. The predicted molar refractivity (Wildman–Crippen MR) is 79.4 cm³/mol. The van der Waals surface area contributed by atoms with Crippen molar-refractivity contribution >= 4 is 11.6 Å². The van der Waals surface area contributed by atoms with Gasteiger partial charge in [0.2, 0.25) is 0 Å². The van der Waals surface area contributed by atoms with Crippen molar-refractivity contribution in [3.05, 3.63) is 11.9 Å². The Bertz CT molecular complexity index is 382. The molecule has 0 bridgehead atoms. The lowest BCUT2D eigenvalue weighted by Gasteiger charge is -2.25. The normalized spacial score (nSPS) is 11.0. The molecule has 2 N–H and O–H groups in total. The predicted octanol–water partition coefficient (Wildman–Crippen LogP) is 2.12. The molecule has 1 aromatic heterocycles. The highest BCUT2D eigenvalue weighted by Gasteiger charge is 2.12. The number of nitrogens with two attached hydrogens (primary N) is 1. The first-order valence-corrected chi connectivity index (χ1v) is 6.94. The number of hydrogen-bond acceptors (Lipinski definition) is 5. The van der Waals surface area contributed by atoms with Crippen LogP contribution in [0.3, 0.4) is 0 Å². The molecule has 1 rings (SSSR count). The van der Waals surface area contributed by atoms with Crippen LogP contribution in [0.1, 0.15) is 33.0 Å². The van der Waals surface area contributed by atoms with E-state index in [9.17, 15) is 0 Å². The molecule has 5 heteroatoms. The molecule has 0 aliphatic heterocycles. The van der Waals surface area contributed by atoms with Crippen LogP contribution >= 0.6 is 0 Å². The van der Waals surface area contributed by atoms with Gasteiger partial charge < -0.3 is 15.4 Å². The molecule has 0 atom stereocenters. The van der Waals surface area contributed by atoms with Gasteiger partial charge in [-0.2, -0.15) is 0 Å². The van der Waals surface area contributed by atoms with Crippen LogP contribution in [0.4, 0.5) is 11.6 Å². The van der Waals surface area contributed by atoms with E-state index in [1.807, 2.05) is 6.07 Å². The smallest absolute Gasteiger partial charge is 0.134 e. The van der Waals surface area contributed by atoms with E-state index < -0.39 is 0 Å². The minimum Gasteiger partial charge on any atom is -0.384 e. The first-order valence-electron chi connectivity index (χ1n) is 6.94. The van der Waals surface area contributed by atoms with E-state index >= 15 is 0 Å². The molecule has 0 unspecified atom stereocenters. The second-order valence-corrected chi connectivity index (χ2v) is 5.15. The van der Waals surface area contributed by atoms with Crippen LogP contribution in [0.2, 0.25) is 0 Å². The molecule has 0 saturated carbocycles. The number of anilines is 2. The van der Waals surface area contributed by atoms with E-state index in [4.69, 9.17) is 10.5 Å². The largest absolute Gasteiger partial charge is 0.384 e. The van der Waals surface area contributed by atoms with Gasteiger partial charge in [-0.25, -0.2) is 9.97 Å². The van der Waals surface area contributed by atoms with E-state index in [1.54, 1.807) is 7.11 Å². The van der Waals surface area contributed by atoms with E-state index in [1.165, 1.54) is 0 Å². The fraction of sp³-hybridized carbons (Fsp3) is 0.714. The van der Waals surface area contributed by atoms with Crippen molar-refractivity contribution in [2.75, 3.05) is 37.4 Å². The zero-order chi connectivity index (χ0) is 14.3. The number of aryl methyl sites for hydroxylation is 1. The summed E-state index contributed by atoms with van der Waals surface area (Å²) in [6.07, 6.45) is 1.88. The lowest BCUT2D eigenvalue weighted by molar-refractivity contribution is 0.204. The molecule has 0 radical (unpaired) electrons. The van der Waals surface area contributed by atoms with Crippen LogP contribution in [-0.2, 0) is 11.2 Å². The Hall–Kier alpha value is -1.36. The van der Waals surface area contributed by atoms with Crippen molar-refractivity contribution in [1.82, 2.24) is 9.97 Å². The SMILES string of the molecule is CCCc1nc(N)cc(N(CCOC)CC(C)C)n1. The summed E-state index contributed by atoms with van der Waals surface area (Å²) in [6.45, 7) is 8.93. The topological polar surface area (TPSA) is 64.3 Å². The second kappa shape index (κ2) is 7.94. The van der Waals surface area contributed by atoms with Crippen molar-refractivity contribution in [3.63, 3.8) is 0 Å². The van der Waals surface area contributed by atoms with Gasteiger partial charge in [0.15, 0.2) is 0 Å². The zero-order valence-corrected chi connectivity index (χ0v) is 12.5. The number of hydrogen-bond donors (Lipinski definition) is 1. The number of aromatic nitrogens is 2. The van der Waals surface area contributed by atoms with Crippen molar-refractivity contribution in [2.45, 2.75) is 33.6 Å². The molecule has 0 amide bonds. The maximum Gasteiger partial charge on any atom is 0.134 e. The van der Waals surface area contributed by atoms with Crippen LogP contribution in [0.25, 0.3) is 0 Å². The molecule has 5 nitrogen and oxygen atoms in total. The van der Waals surface area contributed by atoms with Gasteiger partial charge in [0.25, 0.3) is 0 Å². The van der Waals surface area contributed by atoms with Crippen molar-refractivity contribution in [1.29, 1.82) is 0 Å². The summed E-state index contributed by atoms with van der Waals surface area (Å²) in [5, 5.41) is 0. The van der Waals surface area contributed by atoms with E-state index in [0.717, 1.165) is 37.6 Å². The number of ether oxygens (including phenoxy) is 1. The lowest BCUT2D eigenvalue weighted by Crippen LogP contribution is -2.32. The molecule has 1 aromatic rings. The average Bonchev–Trinajstić information content (AvgIpc) is 2.33. The minimum absolute atomic E-state index is 0.541. The Morgan fingerprint density at radius 3 is 2.68 bits per heavy atom. The van der Waals surface area contributed by atoms with Gasteiger partial charge in [-0.1, -0.05) is 20.8 Å². The monoisotopic (exact) mass is 266 g/mol. The standard InChI is InChI=1S/C14H26N4O/c1-5-6-13-16-12(15)9-14(17-13)18(7-8-19-4)10-11(2)3/h9,11H,5-8,10H2,1-4H3,(H2,15,16,17). The maximum absolute atomic E-state index is 5.88. The highest BCUT2D eigenvalue weighted by Crippen LogP contribution is 2.16. The van der Waals surface area contributed by atoms with Crippen LogP contribution in [0.15, 0.2) is 6.07 Å². The Morgan fingerprint density at radius 2 is 2.11 bits per heavy atom. The van der Waals surface area contributed by atoms with Crippen molar-refractivity contribution in [2.24, 2.45) is 5.92 Å². The third kappa shape index (κ3) is 5.42. The van der Waals surface area contributed by atoms with Crippen LogP contribution in [0, 0.1) is 5.92 Å². The van der Waals surface area contributed by atoms with Gasteiger partial charge in [-0.05, 0) is 12.3 Å². The molecule has 1 heterocycles. The highest BCUT2D eigenvalue weighted by atomic mass is 16.5.